The third-order valence-electron chi connectivity index (χ3n) is 2.43. The Kier molecular flexibility index (Phi) is 2.03. The van der Waals surface area contributed by atoms with Gasteiger partial charge in [0.05, 0.1) is 6.20 Å². The zero-order valence-electron chi connectivity index (χ0n) is 7.59. The van der Waals surface area contributed by atoms with E-state index in [4.69, 9.17) is 4.42 Å². The highest BCUT2D eigenvalue weighted by Crippen LogP contribution is 2.29. The Balaban J connectivity index is 2.90. The van der Waals surface area contributed by atoms with E-state index in [0.717, 1.165) is 5.89 Å². The van der Waals surface area contributed by atoms with Crippen LogP contribution in [-0.4, -0.2) is 4.98 Å². The first-order valence-corrected chi connectivity index (χ1v) is 3.95. The lowest BCUT2D eigenvalue weighted by molar-refractivity contribution is 0.288. The summed E-state index contributed by atoms with van der Waals surface area (Å²) in [5.41, 5.74) is 0.0451. The fourth-order valence-electron chi connectivity index (χ4n) is 0.789. The van der Waals surface area contributed by atoms with Gasteiger partial charge in [-0.1, -0.05) is 27.7 Å². The average molecular weight is 153 g/mol. The lowest BCUT2D eigenvalue weighted by Gasteiger charge is -2.24. The Morgan fingerprint density at radius 3 is 2.45 bits per heavy atom. The Morgan fingerprint density at radius 1 is 1.45 bits per heavy atom. The highest BCUT2D eigenvalue weighted by atomic mass is 16.3. The van der Waals surface area contributed by atoms with Crippen molar-refractivity contribution in [1.82, 2.24) is 4.98 Å². The molecule has 0 unspecified atom stereocenters. The highest BCUT2D eigenvalue weighted by molar-refractivity contribution is 5.00. The predicted octanol–water partition coefficient (Wildman–Crippen LogP) is 2.61. The summed E-state index contributed by atoms with van der Waals surface area (Å²) in [5.74, 6) is 1.37. The molecule has 1 rings (SSSR count). The Hall–Kier alpha value is -0.790. The van der Waals surface area contributed by atoms with E-state index in [9.17, 15) is 0 Å². The van der Waals surface area contributed by atoms with E-state index in [1.54, 1.807) is 12.5 Å². The summed E-state index contributed by atoms with van der Waals surface area (Å²) in [5, 5.41) is 0. The van der Waals surface area contributed by atoms with Gasteiger partial charge < -0.3 is 4.42 Å². The fourth-order valence-corrected chi connectivity index (χ4v) is 0.789. The molecule has 0 saturated carbocycles. The molecule has 2 nitrogen and oxygen atoms in total. The summed E-state index contributed by atoms with van der Waals surface area (Å²) in [6, 6.07) is 0. The fraction of sp³-hybridized carbons (Fsp3) is 0.667. The van der Waals surface area contributed by atoms with Gasteiger partial charge in [0.2, 0.25) is 0 Å². The third-order valence-corrected chi connectivity index (χ3v) is 2.43. The molecule has 0 amide bonds. The predicted molar refractivity (Wildman–Crippen MR) is 44.4 cm³/mol. The number of rotatable bonds is 2. The largest absolute Gasteiger partial charge is 0.448 e. The number of oxazole rings is 1. The molecule has 1 heterocycles. The number of hydrogen-bond acceptors (Lipinski definition) is 2. The lowest BCUT2D eigenvalue weighted by Crippen LogP contribution is -2.24. The summed E-state index contributed by atoms with van der Waals surface area (Å²) in [6.45, 7) is 8.63. The molecule has 0 fully saturated rings. The van der Waals surface area contributed by atoms with Crippen LogP contribution in [0, 0.1) is 5.92 Å². The van der Waals surface area contributed by atoms with Crippen molar-refractivity contribution in [3.8, 4) is 0 Å². The van der Waals surface area contributed by atoms with Crippen LogP contribution in [0.15, 0.2) is 16.9 Å². The van der Waals surface area contributed by atoms with Crippen molar-refractivity contribution in [2.75, 3.05) is 0 Å². The zero-order chi connectivity index (χ0) is 8.48. The van der Waals surface area contributed by atoms with Crippen LogP contribution in [0.2, 0.25) is 0 Å². The molecule has 0 saturated heterocycles. The minimum atomic E-state index is 0.0451. The number of hydrogen-bond donors (Lipinski definition) is 0. The van der Waals surface area contributed by atoms with Crippen LogP contribution in [0.5, 0.6) is 0 Å². The smallest absolute Gasteiger partial charge is 0.199 e. The van der Waals surface area contributed by atoms with E-state index in [1.165, 1.54) is 0 Å². The van der Waals surface area contributed by atoms with Gasteiger partial charge >= 0.3 is 0 Å². The van der Waals surface area contributed by atoms with Crippen LogP contribution in [0.4, 0.5) is 0 Å². The van der Waals surface area contributed by atoms with E-state index in [1.807, 2.05) is 0 Å². The third kappa shape index (κ3) is 1.44. The summed E-state index contributed by atoms with van der Waals surface area (Å²) in [4.78, 5) is 4.14. The molecule has 0 aromatic carbocycles. The molecule has 0 aliphatic heterocycles. The first-order chi connectivity index (χ1) is 5.05. The maximum Gasteiger partial charge on any atom is 0.199 e. The second-order valence-corrected chi connectivity index (χ2v) is 3.71. The summed E-state index contributed by atoms with van der Waals surface area (Å²) in [7, 11) is 0. The molecule has 0 N–H and O–H groups in total. The van der Waals surface area contributed by atoms with Crippen molar-refractivity contribution in [2.45, 2.75) is 33.1 Å². The first kappa shape index (κ1) is 8.31. The highest BCUT2D eigenvalue weighted by Gasteiger charge is 2.28. The van der Waals surface area contributed by atoms with Crippen molar-refractivity contribution in [2.24, 2.45) is 5.92 Å². The van der Waals surface area contributed by atoms with Crippen LogP contribution in [0.25, 0.3) is 0 Å². The Morgan fingerprint density at radius 2 is 2.09 bits per heavy atom. The normalized spacial score (nSPS) is 12.5. The summed E-state index contributed by atoms with van der Waals surface area (Å²) < 4.78 is 5.25. The minimum absolute atomic E-state index is 0.0451. The van der Waals surface area contributed by atoms with Crippen LogP contribution < -0.4 is 0 Å². The van der Waals surface area contributed by atoms with Gasteiger partial charge in [0.25, 0.3) is 0 Å². The maximum absolute atomic E-state index is 5.25. The van der Waals surface area contributed by atoms with Gasteiger partial charge in [0.15, 0.2) is 5.89 Å². The molecule has 0 bridgehead atoms. The van der Waals surface area contributed by atoms with Gasteiger partial charge in [0.1, 0.15) is 6.26 Å². The molecule has 1 aromatic heterocycles. The lowest BCUT2D eigenvalue weighted by atomic mass is 9.81. The molecule has 0 spiro atoms. The molecule has 11 heavy (non-hydrogen) atoms. The SMILES string of the molecule is CC(C)C(C)(C)c1ncco1. The molecule has 2 heteroatoms. The second kappa shape index (κ2) is 2.68. The Labute approximate surface area is 67.6 Å². The molecule has 1 aromatic rings. The second-order valence-electron chi connectivity index (χ2n) is 3.71. The van der Waals surface area contributed by atoms with E-state index in [-0.39, 0.29) is 5.41 Å². The molecule has 0 aliphatic carbocycles. The van der Waals surface area contributed by atoms with Crippen molar-refractivity contribution in [3.05, 3.63) is 18.4 Å². The minimum Gasteiger partial charge on any atom is -0.448 e. The Bertz CT molecular complexity index is 211. The number of aromatic nitrogens is 1. The van der Waals surface area contributed by atoms with Crippen molar-refractivity contribution < 1.29 is 4.42 Å². The van der Waals surface area contributed by atoms with Crippen LogP contribution in [0.1, 0.15) is 33.6 Å². The molecular weight excluding hydrogens is 138 g/mol. The molecule has 62 valence electrons. The van der Waals surface area contributed by atoms with Gasteiger partial charge in [-0.05, 0) is 5.92 Å². The summed E-state index contributed by atoms with van der Waals surface area (Å²) >= 11 is 0. The van der Waals surface area contributed by atoms with E-state index < -0.39 is 0 Å². The van der Waals surface area contributed by atoms with Crippen molar-refractivity contribution >= 4 is 0 Å². The summed E-state index contributed by atoms with van der Waals surface area (Å²) in [6.07, 6.45) is 3.32. The standard InChI is InChI=1S/C9H15NO/c1-7(2)9(3,4)8-10-5-6-11-8/h5-7H,1-4H3. The quantitative estimate of drug-likeness (QED) is 0.652. The molecular formula is C9H15NO. The van der Waals surface area contributed by atoms with Crippen molar-refractivity contribution in [1.29, 1.82) is 0 Å². The maximum atomic E-state index is 5.25. The zero-order valence-corrected chi connectivity index (χ0v) is 7.59. The van der Waals surface area contributed by atoms with Gasteiger partial charge in [-0.3, -0.25) is 0 Å². The monoisotopic (exact) mass is 153 g/mol. The first-order valence-electron chi connectivity index (χ1n) is 3.95. The van der Waals surface area contributed by atoms with Crippen LogP contribution in [-0.2, 0) is 5.41 Å². The molecule has 0 radical (unpaired) electrons. The molecule has 0 aliphatic rings. The van der Waals surface area contributed by atoms with Crippen molar-refractivity contribution in [3.63, 3.8) is 0 Å². The molecule has 0 atom stereocenters. The van der Waals surface area contributed by atoms with E-state index in [0.29, 0.717) is 5.92 Å². The van der Waals surface area contributed by atoms with E-state index >= 15 is 0 Å². The van der Waals surface area contributed by atoms with Crippen LogP contribution in [0.3, 0.4) is 0 Å². The van der Waals surface area contributed by atoms with Gasteiger partial charge in [-0.2, -0.15) is 0 Å². The number of nitrogens with zero attached hydrogens (tertiary/aromatic N) is 1. The average Bonchev–Trinajstić information content (AvgIpc) is 2.37. The topological polar surface area (TPSA) is 26.0 Å². The van der Waals surface area contributed by atoms with Gasteiger partial charge in [-0.25, -0.2) is 4.98 Å². The van der Waals surface area contributed by atoms with E-state index in [2.05, 4.69) is 32.7 Å². The van der Waals surface area contributed by atoms with Crippen LogP contribution >= 0.6 is 0 Å². The van der Waals surface area contributed by atoms with Gasteiger partial charge in [-0.15, -0.1) is 0 Å². The van der Waals surface area contributed by atoms with Gasteiger partial charge in [0, 0.05) is 5.41 Å².